The van der Waals surface area contributed by atoms with E-state index < -0.39 is 0 Å². The Labute approximate surface area is 75.3 Å². The van der Waals surface area contributed by atoms with Gasteiger partial charge in [0.05, 0.1) is 0 Å². The van der Waals surface area contributed by atoms with E-state index in [1.807, 2.05) is 0 Å². The lowest BCUT2D eigenvalue weighted by Crippen LogP contribution is -2.22. The Balaban J connectivity index is 3.04. The molecule has 74 valence electrons. The van der Waals surface area contributed by atoms with Crippen LogP contribution in [0.15, 0.2) is 0 Å². The van der Waals surface area contributed by atoms with Crippen LogP contribution in [-0.4, -0.2) is 50.5 Å². The lowest BCUT2D eigenvalue weighted by atomic mass is 10.3. The van der Waals surface area contributed by atoms with Crippen molar-refractivity contribution in [2.75, 3.05) is 40.5 Å². The predicted molar refractivity (Wildman–Crippen MR) is 50.3 cm³/mol. The average Bonchev–Trinajstić information content (AvgIpc) is 2.06. The second-order valence-corrected chi connectivity index (χ2v) is 3.08. The molecular weight excluding hydrogens is 154 g/mol. The summed E-state index contributed by atoms with van der Waals surface area (Å²) in [5, 5.41) is 8.55. The second-order valence-electron chi connectivity index (χ2n) is 3.08. The van der Waals surface area contributed by atoms with Crippen molar-refractivity contribution in [3.05, 3.63) is 0 Å². The lowest BCUT2D eigenvalue weighted by molar-refractivity contribution is 0.178. The van der Waals surface area contributed by atoms with Gasteiger partial charge in [-0.2, -0.15) is 0 Å². The van der Waals surface area contributed by atoms with E-state index in [9.17, 15) is 0 Å². The molecule has 0 amide bonds. The Kier molecular flexibility index (Phi) is 8.88. The molecule has 1 N–H and O–H groups in total. The Hall–Kier alpha value is -0.120. The number of aliphatic hydroxyl groups is 1. The molecule has 0 rings (SSSR count). The maximum absolute atomic E-state index is 8.55. The summed E-state index contributed by atoms with van der Waals surface area (Å²) in [5.74, 6) is 0. The fourth-order valence-electron chi connectivity index (χ4n) is 1.08. The minimum Gasteiger partial charge on any atom is -0.396 e. The van der Waals surface area contributed by atoms with E-state index >= 15 is 0 Å². The number of methoxy groups -OCH3 is 1. The first-order chi connectivity index (χ1) is 5.81. The molecule has 0 aliphatic rings. The zero-order valence-electron chi connectivity index (χ0n) is 8.25. The monoisotopic (exact) mass is 175 g/mol. The molecule has 0 bridgehead atoms. The van der Waals surface area contributed by atoms with E-state index in [4.69, 9.17) is 9.84 Å². The number of hydrogen-bond acceptors (Lipinski definition) is 3. The number of rotatable bonds is 8. The second kappa shape index (κ2) is 8.97. The molecule has 0 spiro atoms. The quantitative estimate of drug-likeness (QED) is 0.552. The molecule has 0 unspecified atom stereocenters. The highest BCUT2D eigenvalue weighted by Gasteiger charge is 1.96. The molecule has 0 radical (unpaired) electrons. The van der Waals surface area contributed by atoms with E-state index in [1.54, 1.807) is 7.11 Å². The molecule has 0 heterocycles. The van der Waals surface area contributed by atoms with Crippen LogP contribution >= 0.6 is 0 Å². The van der Waals surface area contributed by atoms with Gasteiger partial charge in [-0.1, -0.05) is 0 Å². The van der Waals surface area contributed by atoms with Crippen molar-refractivity contribution in [2.24, 2.45) is 0 Å². The lowest BCUT2D eigenvalue weighted by Gasteiger charge is -2.15. The predicted octanol–water partition coefficient (Wildman–Crippen LogP) is 0.727. The van der Waals surface area contributed by atoms with Crippen molar-refractivity contribution in [3.63, 3.8) is 0 Å². The highest BCUT2D eigenvalue weighted by Crippen LogP contribution is 1.93. The first-order valence-electron chi connectivity index (χ1n) is 4.59. The molecule has 0 saturated carbocycles. The van der Waals surface area contributed by atoms with Crippen LogP contribution in [0.2, 0.25) is 0 Å². The molecule has 0 aliphatic heterocycles. The summed E-state index contributed by atoms with van der Waals surface area (Å²) in [5.41, 5.74) is 0. The third-order valence-corrected chi connectivity index (χ3v) is 1.84. The summed E-state index contributed by atoms with van der Waals surface area (Å²) in [4.78, 5) is 2.27. The molecule has 0 aromatic rings. The maximum Gasteiger partial charge on any atom is 0.0474 e. The number of nitrogens with zero attached hydrogens (tertiary/aromatic N) is 1. The zero-order chi connectivity index (χ0) is 9.23. The first kappa shape index (κ1) is 11.9. The van der Waals surface area contributed by atoms with Gasteiger partial charge in [-0.05, 0) is 32.9 Å². The maximum atomic E-state index is 8.55. The van der Waals surface area contributed by atoms with Gasteiger partial charge in [-0.15, -0.1) is 0 Å². The number of unbranched alkanes of at least 4 members (excludes halogenated alkanes) is 1. The summed E-state index contributed by atoms with van der Waals surface area (Å²) in [7, 11) is 3.83. The number of hydrogen-bond donors (Lipinski definition) is 1. The standard InChI is InChI=1S/C9H21NO2/c1-10(6-3-4-8-11)7-5-9-12-2/h11H,3-9H2,1-2H3. The highest BCUT2D eigenvalue weighted by molar-refractivity contribution is 4.51. The zero-order valence-corrected chi connectivity index (χ0v) is 8.25. The van der Waals surface area contributed by atoms with Crippen LogP contribution in [0.3, 0.4) is 0 Å². The van der Waals surface area contributed by atoms with Crippen molar-refractivity contribution in [2.45, 2.75) is 19.3 Å². The van der Waals surface area contributed by atoms with Crippen molar-refractivity contribution in [3.8, 4) is 0 Å². The van der Waals surface area contributed by atoms with E-state index in [0.717, 1.165) is 39.0 Å². The minimum atomic E-state index is 0.311. The molecule has 0 saturated heterocycles. The summed E-state index contributed by atoms with van der Waals surface area (Å²) < 4.78 is 4.95. The first-order valence-corrected chi connectivity index (χ1v) is 4.59. The molecule has 3 heteroatoms. The van der Waals surface area contributed by atoms with Gasteiger partial charge in [-0.3, -0.25) is 0 Å². The minimum absolute atomic E-state index is 0.311. The third-order valence-electron chi connectivity index (χ3n) is 1.84. The number of aliphatic hydroxyl groups excluding tert-OH is 1. The number of ether oxygens (including phenoxy) is 1. The Morgan fingerprint density at radius 1 is 1.17 bits per heavy atom. The molecule has 0 aromatic heterocycles. The van der Waals surface area contributed by atoms with Crippen LogP contribution < -0.4 is 0 Å². The van der Waals surface area contributed by atoms with Gasteiger partial charge in [0, 0.05) is 26.9 Å². The SMILES string of the molecule is COCCCN(C)CCCCO. The summed E-state index contributed by atoms with van der Waals surface area (Å²) in [6.07, 6.45) is 3.08. The molecule has 0 fully saturated rings. The molecule has 3 nitrogen and oxygen atoms in total. The van der Waals surface area contributed by atoms with E-state index in [0.29, 0.717) is 6.61 Å². The van der Waals surface area contributed by atoms with Gasteiger partial charge in [0.1, 0.15) is 0 Å². The Bertz CT molecular complexity index is 78.6. The van der Waals surface area contributed by atoms with Gasteiger partial charge >= 0.3 is 0 Å². The summed E-state index contributed by atoms with van der Waals surface area (Å²) in [6.45, 7) is 3.31. The van der Waals surface area contributed by atoms with Crippen LogP contribution in [0.1, 0.15) is 19.3 Å². The molecule has 12 heavy (non-hydrogen) atoms. The Morgan fingerprint density at radius 3 is 2.42 bits per heavy atom. The van der Waals surface area contributed by atoms with Crippen molar-refractivity contribution in [1.82, 2.24) is 4.90 Å². The normalized spacial score (nSPS) is 11.0. The van der Waals surface area contributed by atoms with Crippen molar-refractivity contribution < 1.29 is 9.84 Å². The fourth-order valence-corrected chi connectivity index (χ4v) is 1.08. The van der Waals surface area contributed by atoms with E-state index in [-0.39, 0.29) is 0 Å². The molecule has 0 atom stereocenters. The molecular formula is C9H21NO2. The summed E-state index contributed by atoms with van der Waals surface area (Å²) in [6, 6.07) is 0. The highest BCUT2D eigenvalue weighted by atomic mass is 16.5. The van der Waals surface area contributed by atoms with E-state index in [1.165, 1.54) is 0 Å². The smallest absolute Gasteiger partial charge is 0.0474 e. The molecule has 0 aromatic carbocycles. The average molecular weight is 175 g/mol. The van der Waals surface area contributed by atoms with Gasteiger partial charge in [0.25, 0.3) is 0 Å². The van der Waals surface area contributed by atoms with Crippen LogP contribution in [0.4, 0.5) is 0 Å². The third kappa shape index (κ3) is 7.98. The van der Waals surface area contributed by atoms with Crippen molar-refractivity contribution >= 4 is 0 Å². The van der Waals surface area contributed by atoms with Crippen LogP contribution in [-0.2, 0) is 4.74 Å². The van der Waals surface area contributed by atoms with Crippen molar-refractivity contribution in [1.29, 1.82) is 0 Å². The van der Waals surface area contributed by atoms with E-state index in [2.05, 4.69) is 11.9 Å². The van der Waals surface area contributed by atoms with Crippen LogP contribution in [0, 0.1) is 0 Å². The Morgan fingerprint density at radius 2 is 1.83 bits per heavy atom. The topological polar surface area (TPSA) is 32.7 Å². The van der Waals surface area contributed by atoms with Crippen LogP contribution in [0.5, 0.6) is 0 Å². The van der Waals surface area contributed by atoms with Gasteiger partial charge < -0.3 is 14.7 Å². The van der Waals surface area contributed by atoms with Crippen LogP contribution in [0.25, 0.3) is 0 Å². The fraction of sp³-hybridized carbons (Fsp3) is 1.00. The van der Waals surface area contributed by atoms with Gasteiger partial charge in [0.2, 0.25) is 0 Å². The largest absolute Gasteiger partial charge is 0.396 e. The van der Waals surface area contributed by atoms with Gasteiger partial charge in [-0.25, -0.2) is 0 Å². The van der Waals surface area contributed by atoms with Gasteiger partial charge in [0.15, 0.2) is 0 Å². The summed E-state index contributed by atoms with van der Waals surface area (Å²) >= 11 is 0. The molecule has 0 aliphatic carbocycles.